The molecule has 1 fully saturated rings. The van der Waals surface area contributed by atoms with Crippen LogP contribution in [0.25, 0.3) is 0 Å². The van der Waals surface area contributed by atoms with Gasteiger partial charge in [-0.05, 0) is 37.1 Å². The molecule has 0 atom stereocenters. The number of nitrogens with one attached hydrogen (secondary N) is 2. The highest BCUT2D eigenvalue weighted by molar-refractivity contribution is 6.05. The van der Waals surface area contributed by atoms with Gasteiger partial charge in [0, 0.05) is 23.9 Å². The fraction of sp³-hybridized carbons (Fsp3) is 0.429. The highest BCUT2D eigenvalue weighted by Gasteiger charge is 2.15. The minimum Gasteiger partial charge on any atom is -0.497 e. The van der Waals surface area contributed by atoms with Crippen LogP contribution in [0.2, 0.25) is 0 Å². The van der Waals surface area contributed by atoms with Crippen molar-refractivity contribution in [3.05, 3.63) is 42.1 Å². The van der Waals surface area contributed by atoms with Crippen molar-refractivity contribution in [3.63, 3.8) is 0 Å². The Hall–Kier alpha value is -2.76. The van der Waals surface area contributed by atoms with Crippen LogP contribution >= 0.6 is 0 Å². The molecule has 0 aliphatic heterocycles. The van der Waals surface area contributed by atoms with Gasteiger partial charge >= 0.3 is 0 Å². The fourth-order valence-electron chi connectivity index (χ4n) is 3.39. The average molecular weight is 369 g/mol. The van der Waals surface area contributed by atoms with Crippen molar-refractivity contribution in [2.24, 2.45) is 0 Å². The lowest BCUT2D eigenvalue weighted by molar-refractivity contribution is 0.102. The summed E-state index contributed by atoms with van der Waals surface area (Å²) >= 11 is 0. The molecule has 2 N–H and O–H groups in total. The molecule has 1 aromatic carbocycles. The summed E-state index contributed by atoms with van der Waals surface area (Å²) in [6, 6.07) is 9.22. The topological polar surface area (TPSA) is 72.5 Å². The molecule has 6 nitrogen and oxygen atoms in total. The summed E-state index contributed by atoms with van der Waals surface area (Å²) < 4.78 is 10.6. The molecule has 1 aliphatic rings. The first-order valence-electron chi connectivity index (χ1n) is 9.45. The molecule has 3 rings (SSSR count). The number of nitrogens with zero attached hydrogens (tertiary/aromatic N) is 1. The van der Waals surface area contributed by atoms with Gasteiger partial charge in [0.2, 0.25) is 0 Å². The molecule has 144 valence electrons. The summed E-state index contributed by atoms with van der Waals surface area (Å²) in [4.78, 5) is 17.1. The number of methoxy groups -OCH3 is 2. The van der Waals surface area contributed by atoms with Crippen LogP contribution in [0.15, 0.2) is 36.5 Å². The van der Waals surface area contributed by atoms with E-state index < -0.39 is 0 Å². The zero-order valence-electron chi connectivity index (χ0n) is 16.0. The van der Waals surface area contributed by atoms with Gasteiger partial charge in [0.25, 0.3) is 5.91 Å². The number of rotatable bonds is 6. The van der Waals surface area contributed by atoms with Crippen LogP contribution in [-0.2, 0) is 0 Å². The second kappa shape index (κ2) is 9.26. The summed E-state index contributed by atoms with van der Waals surface area (Å²) in [6.45, 7) is 0. The number of ether oxygens (including phenoxy) is 2. The number of benzene rings is 1. The molecule has 0 spiro atoms. The number of anilines is 2. The van der Waals surface area contributed by atoms with Crippen molar-refractivity contribution in [2.45, 2.75) is 44.6 Å². The zero-order chi connectivity index (χ0) is 19.1. The number of amides is 1. The number of hydrogen-bond donors (Lipinski definition) is 2. The first-order chi connectivity index (χ1) is 13.2. The first-order valence-corrected chi connectivity index (χ1v) is 9.45. The number of carbonyl (C=O) groups is 1. The lowest BCUT2D eigenvalue weighted by Gasteiger charge is -2.17. The SMILES string of the molecule is COc1ccc(OC)c(NC(=O)c2ccnc(NC3CCCCCC3)c2)c1. The molecule has 1 amide bonds. The third-order valence-corrected chi connectivity index (χ3v) is 4.88. The Bertz CT molecular complexity index is 771. The Morgan fingerprint density at radius 2 is 1.81 bits per heavy atom. The van der Waals surface area contributed by atoms with E-state index in [0.29, 0.717) is 28.8 Å². The molecule has 1 aliphatic carbocycles. The monoisotopic (exact) mass is 369 g/mol. The number of aromatic nitrogens is 1. The summed E-state index contributed by atoms with van der Waals surface area (Å²) in [5.41, 5.74) is 1.11. The lowest BCUT2D eigenvalue weighted by atomic mass is 10.1. The van der Waals surface area contributed by atoms with Crippen molar-refractivity contribution >= 4 is 17.4 Å². The molecule has 2 aromatic rings. The molecular weight excluding hydrogens is 342 g/mol. The van der Waals surface area contributed by atoms with E-state index in [0.717, 1.165) is 18.7 Å². The van der Waals surface area contributed by atoms with Gasteiger partial charge in [-0.2, -0.15) is 0 Å². The van der Waals surface area contributed by atoms with Crippen LogP contribution in [0.4, 0.5) is 11.5 Å². The molecule has 0 saturated heterocycles. The Balaban J connectivity index is 1.72. The summed E-state index contributed by atoms with van der Waals surface area (Å²) in [6.07, 6.45) is 9.06. The second-order valence-corrected chi connectivity index (χ2v) is 6.78. The van der Waals surface area contributed by atoms with Gasteiger partial charge in [-0.15, -0.1) is 0 Å². The van der Waals surface area contributed by atoms with E-state index in [1.165, 1.54) is 25.7 Å². The predicted molar refractivity (Wildman–Crippen MR) is 107 cm³/mol. The van der Waals surface area contributed by atoms with Crippen molar-refractivity contribution in [1.82, 2.24) is 4.98 Å². The normalized spacial score (nSPS) is 14.9. The minimum absolute atomic E-state index is 0.215. The fourth-order valence-corrected chi connectivity index (χ4v) is 3.39. The van der Waals surface area contributed by atoms with Gasteiger partial charge in [0.1, 0.15) is 17.3 Å². The van der Waals surface area contributed by atoms with Crippen molar-refractivity contribution in [1.29, 1.82) is 0 Å². The van der Waals surface area contributed by atoms with Crippen LogP contribution in [0.1, 0.15) is 48.9 Å². The molecule has 0 unspecified atom stereocenters. The molecule has 1 aromatic heterocycles. The van der Waals surface area contributed by atoms with Gasteiger partial charge < -0.3 is 20.1 Å². The third kappa shape index (κ3) is 5.12. The number of carbonyl (C=O) groups excluding carboxylic acids is 1. The number of hydrogen-bond acceptors (Lipinski definition) is 5. The van der Waals surface area contributed by atoms with Crippen molar-refractivity contribution < 1.29 is 14.3 Å². The van der Waals surface area contributed by atoms with Gasteiger partial charge in [0.05, 0.1) is 19.9 Å². The summed E-state index contributed by atoms with van der Waals surface area (Å²) in [7, 11) is 3.15. The molecular formula is C21H27N3O3. The molecule has 0 bridgehead atoms. The van der Waals surface area contributed by atoms with Crippen molar-refractivity contribution in [3.8, 4) is 11.5 Å². The molecule has 1 saturated carbocycles. The van der Waals surface area contributed by atoms with Crippen molar-refractivity contribution in [2.75, 3.05) is 24.9 Å². The lowest BCUT2D eigenvalue weighted by Crippen LogP contribution is -2.20. The summed E-state index contributed by atoms with van der Waals surface area (Å²) in [5.74, 6) is 1.76. The van der Waals surface area contributed by atoms with Crippen LogP contribution < -0.4 is 20.1 Å². The van der Waals surface area contributed by atoms with E-state index in [1.807, 2.05) is 0 Å². The standard InChI is InChI=1S/C21H27N3O3/c1-26-17-9-10-19(27-2)18(14-17)24-21(25)15-11-12-22-20(13-15)23-16-7-5-3-4-6-8-16/h9-14,16H,3-8H2,1-2H3,(H,22,23)(H,24,25). The Morgan fingerprint density at radius 1 is 1.04 bits per heavy atom. The van der Waals surface area contributed by atoms with Gasteiger partial charge in [-0.25, -0.2) is 4.98 Å². The smallest absolute Gasteiger partial charge is 0.255 e. The summed E-state index contributed by atoms with van der Waals surface area (Å²) in [5, 5.41) is 6.38. The highest BCUT2D eigenvalue weighted by atomic mass is 16.5. The largest absolute Gasteiger partial charge is 0.497 e. The van der Waals surface area contributed by atoms with E-state index in [2.05, 4.69) is 15.6 Å². The van der Waals surface area contributed by atoms with Crippen LogP contribution in [-0.4, -0.2) is 31.2 Å². The number of pyridine rings is 1. The maximum Gasteiger partial charge on any atom is 0.255 e. The van der Waals surface area contributed by atoms with Crippen LogP contribution in [0, 0.1) is 0 Å². The van der Waals surface area contributed by atoms with Crippen LogP contribution in [0.3, 0.4) is 0 Å². The molecule has 0 radical (unpaired) electrons. The minimum atomic E-state index is -0.215. The average Bonchev–Trinajstić information content (AvgIpc) is 2.96. The first kappa shape index (κ1) is 19.0. The third-order valence-electron chi connectivity index (χ3n) is 4.88. The van der Waals surface area contributed by atoms with Gasteiger partial charge in [0.15, 0.2) is 0 Å². The van der Waals surface area contributed by atoms with E-state index in [-0.39, 0.29) is 5.91 Å². The maximum atomic E-state index is 12.7. The Labute approximate surface area is 160 Å². The van der Waals surface area contributed by atoms with E-state index in [9.17, 15) is 4.79 Å². The van der Waals surface area contributed by atoms with E-state index in [1.54, 1.807) is 50.7 Å². The highest BCUT2D eigenvalue weighted by Crippen LogP contribution is 2.29. The Kier molecular flexibility index (Phi) is 6.52. The molecule has 6 heteroatoms. The van der Waals surface area contributed by atoms with Gasteiger partial charge in [-0.3, -0.25) is 4.79 Å². The van der Waals surface area contributed by atoms with E-state index >= 15 is 0 Å². The quantitative estimate of drug-likeness (QED) is 0.734. The zero-order valence-corrected chi connectivity index (χ0v) is 16.0. The van der Waals surface area contributed by atoms with Crippen LogP contribution in [0.5, 0.6) is 11.5 Å². The Morgan fingerprint density at radius 3 is 2.52 bits per heavy atom. The van der Waals surface area contributed by atoms with Gasteiger partial charge in [-0.1, -0.05) is 25.7 Å². The van der Waals surface area contributed by atoms with E-state index in [4.69, 9.17) is 9.47 Å². The second-order valence-electron chi connectivity index (χ2n) is 6.78. The predicted octanol–water partition coefficient (Wildman–Crippen LogP) is 4.49. The molecule has 27 heavy (non-hydrogen) atoms. The maximum absolute atomic E-state index is 12.7. The molecule has 1 heterocycles.